The summed E-state index contributed by atoms with van der Waals surface area (Å²) in [5.74, 6) is -4.68. The number of hydrogen-bond acceptors (Lipinski definition) is 2. The summed E-state index contributed by atoms with van der Waals surface area (Å²) in [4.78, 5) is 1.95. The highest BCUT2D eigenvalue weighted by atomic mass is 19.4. The van der Waals surface area contributed by atoms with E-state index in [0.29, 0.717) is 6.54 Å². The van der Waals surface area contributed by atoms with Crippen molar-refractivity contribution in [1.29, 1.82) is 0 Å². The number of halogens is 5. The molecule has 1 N–H and O–H groups in total. The number of nitrogens with one attached hydrogen (secondary N) is 1. The Morgan fingerprint density at radius 2 is 1.53 bits per heavy atom. The van der Waals surface area contributed by atoms with Gasteiger partial charge in [-0.25, -0.2) is 0 Å². The van der Waals surface area contributed by atoms with E-state index in [2.05, 4.69) is 5.32 Å². The molecule has 1 unspecified atom stereocenters. The minimum atomic E-state index is -5.49. The normalized spacial score (nSPS) is 15.4. The van der Waals surface area contributed by atoms with Crippen molar-refractivity contribution in [2.24, 2.45) is 0 Å². The summed E-state index contributed by atoms with van der Waals surface area (Å²) in [5, 5.41) is 2.22. The molecule has 0 aromatic carbocycles. The topological polar surface area (TPSA) is 15.3 Å². The molecule has 0 aromatic heterocycles. The van der Waals surface area contributed by atoms with Crippen LogP contribution in [0.25, 0.3) is 0 Å². The minimum absolute atomic E-state index is 0.414. The summed E-state index contributed by atoms with van der Waals surface area (Å²) in [6, 6.07) is -0.414. The molecular formula is C10H19F5N2. The van der Waals surface area contributed by atoms with Crippen LogP contribution in [-0.4, -0.2) is 49.2 Å². The number of hydrogen-bond donors (Lipinski definition) is 1. The minimum Gasteiger partial charge on any atom is -0.307 e. The average Bonchev–Trinajstić information content (AvgIpc) is 2.21. The molecule has 0 aliphatic heterocycles. The molecule has 0 aliphatic carbocycles. The molecule has 0 aromatic rings. The van der Waals surface area contributed by atoms with Crippen molar-refractivity contribution in [2.75, 3.05) is 26.2 Å². The maximum atomic E-state index is 12.6. The van der Waals surface area contributed by atoms with Gasteiger partial charge in [0.05, 0.1) is 6.54 Å². The van der Waals surface area contributed by atoms with Gasteiger partial charge in [0.25, 0.3) is 0 Å². The molecule has 104 valence electrons. The lowest BCUT2D eigenvalue weighted by molar-refractivity contribution is -0.279. The highest BCUT2D eigenvalue weighted by Gasteiger charge is 2.57. The Morgan fingerprint density at radius 3 is 1.88 bits per heavy atom. The molecule has 0 heterocycles. The van der Waals surface area contributed by atoms with Crippen LogP contribution in [0.2, 0.25) is 0 Å². The van der Waals surface area contributed by atoms with Gasteiger partial charge in [0.15, 0.2) is 0 Å². The molecule has 0 radical (unpaired) electrons. The lowest BCUT2D eigenvalue weighted by Crippen LogP contribution is -2.49. The Hall–Kier alpha value is -0.430. The number of rotatable bonds is 7. The second kappa shape index (κ2) is 6.49. The van der Waals surface area contributed by atoms with Crippen molar-refractivity contribution in [3.63, 3.8) is 0 Å². The zero-order chi connectivity index (χ0) is 13.7. The van der Waals surface area contributed by atoms with Crippen LogP contribution in [0.3, 0.4) is 0 Å². The Bertz CT molecular complexity index is 213. The molecule has 0 amide bonds. The van der Waals surface area contributed by atoms with E-state index in [1.807, 2.05) is 18.7 Å². The molecule has 17 heavy (non-hydrogen) atoms. The quantitative estimate of drug-likeness (QED) is 0.709. The first-order chi connectivity index (χ1) is 7.64. The summed E-state index contributed by atoms with van der Waals surface area (Å²) in [5.41, 5.74) is 0. The van der Waals surface area contributed by atoms with Crippen molar-refractivity contribution in [2.45, 2.75) is 38.9 Å². The lowest BCUT2D eigenvalue weighted by atomic mass is 10.2. The van der Waals surface area contributed by atoms with Crippen LogP contribution >= 0.6 is 0 Å². The standard InChI is InChI=1S/C10H19F5N2/c1-4-17(5-2)6-8(3)16-7-9(11,12)10(13,14)15/h8,16H,4-7H2,1-3H3. The molecule has 2 nitrogen and oxygen atoms in total. The van der Waals surface area contributed by atoms with Crippen LogP contribution in [-0.2, 0) is 0 Å². The van der Waals surface area contributed by atoms with Gasteiger partial charge < -0.3 is 10.2 Å². The van der Waals surface area contributed by atoms with Crippen LogP contribution < -0.4 is 5.32 Å². The van der Waals surface area contributed by atoms with Crippen molar-refractivity contribution < 1.29 is 22.0 Å². The zero-order valence-electron chi connectivity index (χ0n) is 10.2. The van der Waals surface area contributed by atoms with Crippen molar-refractivity contribution in [3.8, 4) is 0 Å². The van der Waals surface area contributed by atoms with E-state index in [1.54, 1.807) is 6.92 Å². The zero-order valence-corrected chi connectivity index (χ0v) is 10.2. The van der Waals surface area contributed by atoms with Crippen molar-refractivity contribution in [3.05, 3.63) is 0 Å². The Morgan fingerprint density at radius 1 is 1.06 bits per heavy atom. The summed E-state index contributed by atoms with van der Waals surface area (Å²) in [6.45, 7) is 5.93. The summed E-state index contributed by atoms with van der Waals surface area (Å²) in [7, 11) is 0. The highest BCUT2D eigenvalue weighted by Crippen LogP contribution is 2.34. The fourth-order valence-electron chi connectivity index (χ4n) is 1.34. The Kier molecular flexibility index (Phi) is 6.32. The molecule has 1 atom stereocenters. The summed E-state index contributed by atoms with van der Waals surface area (Å²) < 4.78 is 60.8. The van der Waals surface area contributed by atoms with Gasteiger partial charge in [0, 0.05) is 12.6 Å². The van der Waals surface area contributed by atoms with Gasteiger partial charge in [0.2, 0.25) is 0 Å². The second-order valence-corrected chi connectivity index (χ2v) is 3.97. The smallest absolute Gasteiger partial charge is 0.307 e. The first-order valence-corrected chi connectivity index (χ1v) is 5.54. The molecule has 0 saturated heterocycles. The van der Waals surface area contributed by atoms with E-state index in [9.17, 15) is 22.0 Å². The van der Waals surface area contributed by atoms with Crippen LogP contribution in [0.1, 0.15) is 20.8 Å². The van der Waals surface area contributed by atoms with Gasteiger partial charge >= 0.3 is 12.1 Å². The molecule has 0 bridgehead atoms. The van der Waals surface area contributed by atoms with Crippen LogP contribution in [0.5, 0.6) is 0 Å². The highest BCUT2D eigenvalue weighted by molar-refractivity contribution is 4.80. The van der Waals surface area contributed by atoms with Crippen LogP contribution in [0.15, 0.2) is 0 Å². The number of likely N-dealkylation sites (N-methyl/N-ethyl adjacent to an activating group) is 1. The van der Waals surface area contributed by atoms with Crippen LogP contribution in [0, 0.1) is 0 Å². The molecule has 7 heteroatoms. The third kappa shape index (κ3) is 5.63. The Labute approximate surface area is 98.2 Å². The number of nitrogens with zero attached hydrogens (tertiary/aromatic N) is 1. The third-order valence-electron chi connectivity index (χ3n) is 2.51. The molecular weight excluding hydrogens is 243 g/mol. The fraction of sp³-hybridized carbons (Fsp3) is 1.00. The maximum Gasteiger partial charge on any atom is 0.454 e. The van der Waals surface area contributed by atoms with Gasteiger partial charge in [-0.3, -0.25) is 0 Å². The predicted molar refractivity (Wildman–Crippen MR) is 56.3 cm³/mol. The van der Waals surface area contributed by atoms with Gasteiger partial charge in [-0.2, -0.15) is 22.0 Å². The van der Waals surface area contributed by atoms with Gasteiger partial charge in [-0.05, 0) is 20.0 Å². The van der Waals surface area contributed by atoms with E-state index in [-0.39, 0.29) is 0 Å². The van der Waals surface area contributed by atoms with E-state index in [4.69, 9.17) is 0 Å². The Balaban J connectivity index is 4.11. The second-order valence-electron chi connectivity index (χ2n) is 3.97. The summed E-state index contributed by atoms with van der Waals surface area (Å²) in [6.07, 6.45) is -5.49. The SMILES string of the molecule is CCN(CC)CC(C)NCC(F)(F)C(F)(F)F. The van der Waals surface area contributed by atoms with E-state index < -0.39 is 24.7 Å². The van der Waals surface area contributed by atoms with Gasteiger partial charge in [-0.15, -0.1) is 0 Å². The predicted octanol–water partition coefficient (Wildman–Crippen LogP) is 2.50. The molecule has 0 rings (SSSR count). The first-order valence-electron chi connectivity index (χ1n) is 5.54. The molecule has 0 saturated carbocycles. The maximum absolute atomic E-state index is 12.6. The van der Waals surface area contributed by atoms with Gasteiger partial charge in [0.1, 0.15) is 0 Å². The average molecular weight is 262 g/mol. The number of alkyl halides is 5. The third-order valence-corrected chi connectivity index (χ3v) is 2.51. The van der Waals surface area contributed by atoms with E-state index in [0.717, 1.165) is 13.1 Å². The molecule has 0 fully saturated rings. The molecule has 0 spiro atoms. The lowest BCUT2D eigenvalue weighted by Gasteiger charge is -2.26. The van der Waals surface area contributed by atoms with E-state index in [1.165, 1.54) is 0 Å². The fourth-order valence-corrected chi connectivity index (χ4v) is 1.34. The largest absolute Gasteiger partial charge is 0.454 e. The van der Waals surface area contributed by atoms with Crippen molar-refractivity contribution in [1.82, 2.24) is 10.2 Å². The van der Waals surface area contributed by atoms with Gasteiger partial charge in [-0.1, -0.05) is 13.8 Å². The van der Waals surface area contributed by atoms with Crippen molar-refractivity contribution >= 4 is 0 Å². The van der Waals surface area contributed by atoms with Crippen LogP contribution in [0.4, 0.5) is 22.0 Å². The molecule has 0 aliphatic rings. The summed E-state index contributed by atoms with van der Waals surface area (Å²) >= 11 is 0. The monoisotopic (exact) mass is 262 g/mol. The first kappa shape index (κ1) is 16.6. The van der Waals surface area contributed by atoms with E-state index >= 15 is 0 Å².